The molecule has 1 heterocycles. The Bertz CT molecular complexity index is 1280. The van der Waals surface area contributed by atoms with Gasteiger partial charge in [0.05, 0.1) is 11.8 Å². The van der Waals surface area contributed by atoms with E-state index >= 15 is 0 Å². The summed E-state index contributed by atoms with van der Waals surface area (Å²) < 4.78 is 29.5. The van der Waals surface area contributed by atoms with E-state index in [0.717, 1.165) is 32.6 Å². The molecule has 258 valence electrons. The summed E-state index contributed by atoms with van der Waals surface area (Å²) in [5, 5.41) is 23.5. The first-order valence-corrected chi connectivity index (χ1v) is 16.2. The van der Waals surface area contributed by atoms with Crippen molar-refractivity contribution in [1.82, 2.24) is 0 Å². The normalized spacial score (nSPS) is 34.0. The molecule has 2 fully saturated rings. The van der Waals surface area contributed by atoms with E-state index in [9.17, 15) is 34.2 Å². The van der Waals surface area contributed by atoms with Crippen LogP contribution in [0.25, 0.3) is 0 Å². The molecule has 46 heavy (non-hydrogen) atoms. The van der Waals surface area contributed by atoms with Crippen LogP contribution in [0.2, 0.25) is 0 Å². The quantitative estimate of drug-likeness (QED) is 0.103. The first-order chi connectivity index (χ1) is 21.4. The summed E-state index contributed by atoms with van der Waals surface area (Å²) in [6.45, 7) is 13.7. The van der Waals surface area contributed by atoms with Crippen LogP contribution in [-0.4, -0.2) is 81.3 Å². The molecule has 12 heteroatoms. The minimum Gasteiger partial charge on any atom is -0.459 e. The molecule has 2 N–H and O–H groups in total. The highest BCUT2D eigenvalue weighted by Gasteiger charge is 2.77. The van der Waals surface area contributed by atoms with Gasteiger partial charge in [-0.3, -0.25) is 14.4 Å². The van der Waals surface area contributed by atoms with Gasteiger partial charge in [-0.2, -0.15) is 0 Å². The highest BCUT2D eigenvalue weighted by molar-refractivity contribution is 5.88. The van der Waals surface area contributed by atoms with Gasteiger partial charge in [0, 0.05) is 25.3 Å². The van der Waals surface area contributed by atoms with Gasteiger partial charge in [-0.1, -0.05) is 52.5 Å². The second-order valence-corrected chi connectivity index (χ2v) is 13.4. The maximum absolute atomic E-state index is 13.3. The largest absolute Gasteiger partial charge is 0.459 e. The number of carbonyl (C=O) groups is 5. The lowest BCUT2D eigenvalue weighted by Crippen LogP contribution is -2.66. The van der Waals surface area contributed by atoms with Crippen LogP contribution >= 0.6 is 0 Å². The van der Waals surface area contributed by atoms with E-state index in [1.165, 1.54) is 13.8 Å². The number of aliphatic hydroxyl groups excluding tert-OH is 1. The molecule has 3 rings (SSSR count). The van der Waals surface area contributed by atoms with Crippen molar-refractivity contribution in [1.29, 1.82) is 0 Å². The number of unbranched alkanes of at least 4 members (excludes halogenated alkanes) is 4. The van der Waals surface area contributed by atoms with Gasteiger partial charge >= 0.3 is 29.8 Å². The predicted molar refractivity (Wildman–Crippen MR) is 164 cm³/mol. The van der Waals surface area contributed by atoms with Crippen molar-refractivity contribution in [3.63, 3.8) is 0 Å². The number of hydrogen-bond acceptors (Lipinski definition) is 12. The fourth-order valence-electron chi connectivity index (χ4n) is 6.87. The van der Waals surface area contributed by atoms with Gasteiger partial charge in [0.15, 0.2) is 18.3 Å². The van der Waals surface area contributed by atoms with Crippen LogP contribution < -0.4 is 0 Å². The van der Waals surface area contributed by atoms with Crippen LogP contribution in [0.4, 0.5) is 0 Å². The van der Waals surface area contributed by atoms with Gasteiger partial charge in [-0.25, -0.2) is 9.59 Å². The summed E-state index contributed by atoms with van der Waals surface area (Å²) in [5.74, 6) is -5.88. The van der Waals surface area contributed by atoms with E-state index in [0.29, 0.717) is 6.42 Å². The Kier molecular flexibility index (Phi) is 11.5. The topological polar surface area (TPSA) is 172 Å². The summed E-state index contributed by atoms with van der Waals surface area (Å²) in [4.78, 5) is 65.5. The fourth-order valence-corrected chi connectivity index (χ4v) is 6.87. The van der Waals surface area contributed by atoms with Crippen LogP contribution in [-0.2, 0) is 47.7 Å². The molecule has 0 radical (unpaired) electrons. The first kappa shape index (κ1) is 37.2. The molecule has 8 atom stereocenters. The number of aliphatic hydroxyl groups is 2. The third-order valence-corrected chi connectivity index (χ3v) is 9.51. The van der Waals surface area contributed by atoms with Crippen molar-refractivity contribution < 1.29 is 57.9 Å². The van der Waals surface area contributed by atoms with E-state index < -0.39 is 89.3 Å². The Morgan fingerprint density at radius 3 is 2.24 bits per heavy atom. The molecule has 1 saturated heterocycles. The van der Waals surface area contributed by atoms with Crippen molar-refractivity contribution in [2.24, 2.45) is 11.8 Å². The van der Waals surface area contributed by atoms with Crippen molar-refractivity contribution in [2.75, 3.05) is 0 Å². The van der Waals surface area contributed by atoms with E-state index in [2.05, 4.69) is 6.92 Å². The van der Waals surface area contributed by atoms with Gasteiger partial charge in [-0.15, -0.1) is 0 Å². The van der Waals surface area contributed by atoms with Crippen LogP contribution in [0.5, 0.6) is 0 Å². The maximum atomic E-state index is 13.3. The third-order valence-electron chi connectivity index (χ3n) is 9.51. The molecular weight excluding hydrogens is 600 g/mol. The van der Waals surface area contributed by atoms with E-state index in [1.807, 2.05) is 0 Å². The number of fused-ring (bicyclic) bond motifs is 3. The lowest BCUT2D eigenvalue weighted by molar-refractivity contribution is -0.222. The van der Waals surface area contributed by atoms with Crippen LogP contribution in [0.1, 0.15) is 107 Å². The molecule has 12 nitrogen and oxygen atoms in total. The molecule has 0 unspecified atom stereocenters. The third kappa shape index (κ3) is 6.74. The van der Waals surface area contributed by atoms with Crippen molar-refractivity contribution in [3.05, 3.63) is 22.8 Å². The van der Waals surface area contributed by atoms with E-state index in [-0.39, 0.29) is 23.1 Å². The summed E-state index contributed by atoms with van der Waals surface area (Å²) in [5.41, 5.74) is -5.93. The summed E-state index contributed by atoms with van der Waals surface area (Å²) in [6.07, 6.45) is -0.385. The minimum absolute atomic E-state index is 0.0752. The summed E-state index contributed by atoms with van der Waals surface area (Å²) >= 11 is 0. The average Bonchev–Trinajstić information content (AvgIpc) is 3.30. The molecular formula is C34H50O12. The zero-order chi connectivity index (χ0) is 34.8. The number of rotatable bonds is 12. The van der Waals surface area contributed by atoms with Crippen LogP contribution in [0.3, 0.4) is 0 Å². The molecule has 0 spiro atoms. The van der Waals surface area contributed by atoms with Crippen molar-refractivity contribution in [2.45, 2.75) is 148 Å². The van der Waals surface area contributed by atoms with Gasteiger partial charge in [0.2, 0.25) is 11.2 Å². The molecule has 0 aromatic heterocycles. The molecule has 1 saturated carbocycles. The van der Waals surface area contributed by atoms with Crippen LogP contribution in [0, 0.1) is 11.8 Å². The SMILES string of the molecule is C/C=C(/C)C(=O)O[C@H]1C(C)=C2[C@H]([C@@H]1OC(=O)CCCCCCC)[C@@](C)(OC(C)=O)C[C@H](O)[C@@]1(OC(=O)C(C)C)[C@H]2OC(=O)[C@@]1(C)O. The molecule has 0 aromatic carbocycles. The second-order valence-electron chi connectivity index (χ2n) is 13.4. The van der Waals surface area contributed by atoms with E-state index in [1.54, 1.807) is 40.7 Å². The number of allylic oxidation sites excluding steroid dienone is 1. The summed E-state index contributed by atoms with van der Waals surface area (Å²) in [6, 6.07) is 0. The molecule has 0 amide bonds. The lowest BCUT2D eigenvalue weighted by Gasteiger charge is -2.42. The standard InChI is InChI=1S/C34H50O12/c1-10-12-13-14-15-16-23(37)42-27-25-24(20(6)26(27)43-30(39)19(5)11-2)28-34(46-29(38)18(3)4,33(9,41)31(40)44-28)22(36)17-32(25,8)45-21(7)35/h11,18,22,25-28,36,41H,10,12-17H2,1-9H3/b19-11-/t22-,25+,26-,27-,28-,32-,33+,34+/m0/s1. The van der Waals surface area contributed by atoms with E-state index in [4.69, 9.17) is 23.7 Å². The Labute approximate surface area is 270 Å². The van der Waals surface area contributed by atoms with Gasteiger partial charge < -0.3 is 33.9 Å². The van der Waals surface area contributed by atoms with Gasteiger partial charge in [0.1, 0.15) is 11.7 Å². The molecule has 0 aromatic rings. The first-order valence-electron chi connectivity index (χ1n) is 16.2. The number of esters is 5. The molecule has 3 aliphatic rings. The Morgan fingerprint density at radius 2 is 1.67 bits per heavy atom. The number of carbonyl (C=O) groups excluding carboxylic acids is 5. The monoisotopic (exact) mass is 650 g/mol. The maximum Gasteiger partial charge on any atom is 0.343 e. The van der Waals surface area contributed by atoms with Crippen molar-refractivity contribution >= 4 is 29.8 Å². The van der Waals surface area contributed by atoms with Crippen molar-refractivity contribution in [3.8, 4) is 0 Å². The zero-order valence-corrected chi connectivity index (χ0v) is 28.5. The highest BCUT2D eigenvalue weighted by Crippen LogP contribution is 2.58. The zero-order valence-electron chi connectivity index (χ0n) is 28.5. The Morgan fingerprint density at radius 1 is 1.04 bits per heavy atom. The smallest absolute Gasteiger partial charge is 0.343 e. The fraction of sp³-hybridized carbons (Fsp3) is 0.735. The Hall–Kier alpha value is -3.25. The molecule has 2 aliphatic carbocycles. The number of hydrogen-bond donors (Lipinski definition) is 2. The summed E-state index contributed by atoms with van der Waals surface area (Å²) in [7, 11) is 0. The lowest BCUT2D eigenvalue weighted by atomic mass is 9.75. The van der Waals surface area contributed by atoms with Gasteiger partial charge in [0.25, 0.3) is 0 Å². The molecule has 1 aliphatic heterocycles. The second kappa shape index (κ2) is 14.3. The highest BCUT2D eigenvalue weighted by atomic mass is 16.6. The predicted octanol–water partition coefficient (Wildman–Crippen LogP) is 3.78. The minimum atomic E-state index is -2.55. The van der Waals surface area contributed by atoms with Gasteiger partial charge in [-0.05, 0) is 52.2 Å². The number of ether oxygens (including phenoxy) is 5. The average molecular weight is 651 g/mol. The molecule has 0 bridgehead atoms. The van der Waals surface area contributed by atoms with Crippen LogP contribution in [0.15, 0.2) is 22.8 Å². The Balaban J connectivity index is 2.26.